The molecule has 2 N–H and O–H groups in total. The van der Waals surface area contributed by atoms with Crippen LogP contribution in [0.5, 0.6) is 5.75 Å². The van der Waals surface area contributed by atoms with Gasteiger partial charge in [-0.3, -0.25) is 4.99 Å². The van der Waals surface area contributed by atoms with Gasteiger partial charge in [0, 0.05) is 37.7 Å². The van der Waals surface area contributed by atoms with E-state index in [0.29, 0.717) is 6.10 Å². The standard InChI is InChI=1S/C18H27N3O2/c1-19-17(20-12-14-6-5-11-23-14)21-13-18(9-10-18)15-7-3-4-8-16(15)22-2/h3-4,7-8,14H,5-6,9-13H2,1-2H3,(H2,19,20,21). The largest absolute Gasteiger partial charge is 0.496 e. The van der Waals surface area contributed by atoms with E-state index in [1.165, 1.54) is 18.4 Å². The number of methoxy groups -OCH3 is 1. The lowest BCUT2D eigenvalue weighted by molar-refractivity contribution is 0.114. The fraction of sp³-hybridized carbons (Fsp3) is 0.611. The highest BCUT2D eigenvalue weighted by atomic mass is 16.5. The summed E-state index contributed by atoms with van der Waals surface area (Å²) in [6.45, 7) is 2.58. The second-order valence-electron chi connectivity index (χ2n) is 6.42. The van der Waals surface area contributed by atoms with Crippen LogP contribution in [0.25, 0.3) is 0 Å². The van der Waals surface area contributed by atoms with Gasteiger partial charge >= 0.3 is 0 Å². The molecule has 0 spiro atoms. The number of nitrogens with zero attached hydrogens (tertiary/aromatic N) is 1. The molecule has 1 aliphatic heterocycles. The van der Waals surface area contributed by atoms with Crippen molar-refractivity contribution in [2.45, 2.75) is 37.2 Å². The van der Waals surface area contributed by atoms with E-state index in [2.05, 4.69) is 27.8 Å². The highest BCUT2D eigenvalue weighted by molar-refractivity contribution is 5.79. The quantitative estimate of drug-likeness (QED) is 0.623. The molecule has 0 aromatic heterocycles. The van der Waals surface area contributed by atoms with Gasteiger partial charge in [0.25, 0.3) is 0 Å². The summed E-state index contributed by atoms with van der Waals surface area (Å²) in [6, 6.07) is 8.33. The third-order valence-corrected chi connectivity index (χ3v) is 4.87. The number of aliphatic imine (C=N–C) groups is 1. The van der Waals surface area contributed by atoms with E-state index in [0.717, 1.165) is 44.2 Å². The smallest absolute Gasteiger partial charge is 0.191 e. The van der Waals surface area contributed by atoms with Crippen LogP contribution < -0.4 is 15.4 Å². The third-order valence-electron chi connectivity index (χ3n) is 4.87. The Balaban J connectivity index is 1.55. The molecule has 1 unspecified atom stereocenters. The van der Waals surface area contributed by atoms with Gasteiger partial charge in [0.1, 0.15) is 5.75 Å². The molecule has 23 heavy (non-hydrogen) atoms. The number of para-hydroxylation sites is 1. The SMILES string of the molecule is CN=C(NCC1CCCO1)NCC1(c2ccccc2OC)CC1. The number of hydrogen-bond donors (Lipinski definition) is 2. The summed E-state index contributed by atoms with van der Waals surface area (Å²) in [6.07, 6.45) is 4.98. The normalized spacial score (nSPS) is 22.7. The van der Waals surface area contributed by atoms with Gasteiger partial charge in [0.2, 0.25) is 0 Å². The molecule has 1 aliphatic carbocycles. The van der Waals surface area contributed by atoms with Crippen molar-refractivity contribution >= 4 is 5.96 Å². The predicted molar refractivity (Wildman–Crippen MR) is 92.2 cm³/mol. The van der Waals surface area contributed by atoms with Crippen LogP contribution in [0.1, 0.15) is 31.2 Å². The van der Waals surface area contributed by atoms with Crippen molar-refractivity contribution in [2.24, 2.45) is 4.99 Å². The van der Waals surface area contributed by atoms with Crippen LogP contribution in [0.3, 0.4) is 0 Å². The summed E-state index contributed by atoms with van der Waals surface area (Å²) < 4.78 is 11.2. The third kappa shape index (κ3) is 3.78. The van der Waals surface area contributed by atoms with Crippen molar-refractivity contribution in [1.82, 2.24) is 10.6 Å². The lowest BCUT2D eigenvalue weighted by Gasteiger charge is -2.21. The molecule has 2 fully saturated rings. The number of guanidine groups is 1. The molecule has 5 heteroatoms. The first kappa shape index (κ1) is 16.1. The first-order valence-electron chi connectivity index (χ1n) is 8.47. The molecular formula is C18H27N3O2. The van der Waals surface area contributed by atoms with E-state index in [4.69, 9.17) is 9.47 Å². The number of benzene rings is 1. The zero-order chi connectivity index (χ0) is 16.1. The first-order chi connectivity index (χ1) is 11.3. The van der Waals surface area contributed by atoms with Gasteiger partial charge in [-0.1, -0.05) is 18.2 Å². The van der Waals surface area contributed by atoms with E-state index >= 15 is 0 Å². The van der Waals surface area contributed by atoms with E-state index in [9.17, 15) is 0 Å². The Labute approximate surface area is 138 Å². The Morgan fingerprint density at radius 2 is 2.17 bits per heavy atom. The van der Waals surface area contributed by atoms with Crippen molar-refractivity contribution < 1.29 is 9.47 Å². The van der Waals surface area contributed by atoms with Gasteiger partial charge in [-0.05, 0) is 31.7 Å². The molecule has 1 atom stereocenters. The van der Waals surface area contributed by atoms with E-state index in [1.807, 2.05) is 19.2 Å². The van der Waals surface area contributed by atoms with Crippen molar-refractivity contribution in [3.8, 4) is 5.75 Å². The molecule has 2 aliphatic rings. The maximum Gasteiger partial charge on any atom is 0.191 e. The second-order valence-corrected chi connectivity index (χ2v) is 6.42. The Hall–Kier alpha value is -1.75. The molecule has 3 rings (SSSR count). The van der Waals surface area contributed by atoms with Crippen molar-refractivity contribution in [3.63, 3.8) is 0 Å². The highest BCUT2D eigenvalue weighted by Gasteiger charge is 2.46. The number of nitrogens with one attached hydrogen (secondary N) is 2. The van der Waals surface area contributed by atoms with Crippen LogP contribution in [0.15, 0.2) is 29.3 Å². The van der Waals surface area contributed by atoms with Crippen molar-refractivity contribution in [1.29, 1.82) is 0 Å². The minimum absolute atomic E-state index is 0.175. The van der Waals surface area contributed by atoms with Crippen LogP contribution in [-0.4, -0.2) is 45.9 Å². The van der Waals surface area contributed by atoms with E-state index in [1.54, 1.807) is 7.11 Å². The summed E-state index contributed by atoms with van der Waals surface area (Å²) >= 11 is 0. The lowest BCUT2D eigenvalue weighted by atomic mass is 9.95. The lowest BCUT2D eigenvalue weighted by Crippen LogP contribution is -2.43. The van der Waals surface area contributed by atoms with Crippen LogP contribution in [0, 0.1) is 0 Å². The fourth-order valence-electron chi connectivity index (χ4n) is 3.26. The van der Waals surface area contributed by atoms with E-state index < -0.39 is 0 Å². The first-order valence-corrected chi connectivity index (χ1v) is 8.47. The summed E-state index contributed by atoms with van der Waals surface area (Å²) in [5, 5.41) is 6.85. The molecule has 0 bridgehead atoms. The number of ether oxygens (including phenoxy) is 2. The topological polar surface area (TPSA) is 54.9 Å². The summed E-state index contributed by atoms with van der Waals surface area (Å²) in [5.41, 5.74) is 1.47. The van der Waals surface area contributed by atoms with Gasteiger partial charge < -0.3 is 20.1 Å². The maximum absolute atomic E-state index is 5.64. The average Bonchev–Trinajstić information content (AvgIpc) is 3.20. The number of hydrogen-bond acceptors (Lipinski definition) is 3. The highest BCUT2D eigenvalue weighted by Crippen LogP contribution is 2.50. The Morgan fingerprint density at radius 3 is 2.83 bits per heavy atom. The van der Waals surface area contributed by atoms with Crippen molar-refractivity contribution in [3.05, 3.63) is 29.8 Å². The summed E-state index contributed by atoms with van der Waals surface area (Å²) in [4.78, 5) is 4.32. The molecule has 0 amide bonds. The average molecular weight is 317 g/mol. The summed E-state index contributed by atoms with van der Waals surface area (Å²) in [5.74, 6) is 1.83. The minimum atomic E-state index is 0.175. The zero-order valence-electron chi connectivity index (χ0n) is 14.1. The molecule has 1 heterocycles. The van der Waals surface area contributed by atoms with Gasteiger partial charge in [-0.25, -0.2) is 0 Å². The van der Waals surface area contributed by atoms with Gasteiger partial charge in [0.05, 0.1) is 13.2 Å². The molecule has 1 aromatic carbocycles. The zero-order valence-corrected chi connectivity index (χ0v) is 14.1. The van der Waals surface area contributed by atoms with Crippen LogP contribution in [0.4, 0.5) is 0 Å². The van der Waals surface area contributed by atoms with Crippen LogP contribution in [-0.2, 0) is 10.2 Å². The predicted octanol–water partition coefficient (Wildman–Crippen LogP) is 2.07. The molecule has 1 saturated heterocycles. The Kier molecular flexibility index (Phi) is 5.06. The second kappa shape index (κ2) is 7.21. The maximum atomic E-state index is 5.64. The minimum Gasteiger partial charge on any atom is -0.496 e. The monoisotopic (exact) mass is 317 g/mol. The molecule has 5 nitrogen and oxygen atoms in total. The van der Waals surface area contributed by atoms with Gasteiger partial charge in [-0.15, -0.1) is 0 Å². The van der Waals surface area contributed by atoms with Crippen LogP contribution in [0.2, 0.25) is 0 Å². The molecule has 1 saturated carbocycles. The molecule has 1 aromatic rings. The summed E-state index contributed by atoms with van der Waals surface area (Å²) in [7, 11) is 3.55. The Morgan fingerprint density at radius 1 is 1.35 bits per heavy atom. The molecule has 126 valence electrons. The van der Waals surface area contributed by atoms with Gasteiger partial charge in [0.15, 0.2) is 5.96 Å². The number of rotatable bonds is 6. The van der Waals surface area contributed by atoms with Crippen LogP contribution >= 0.6 is 0 Å². The van der Waals surface area contributed by atoms with Gasteiger partial charge in [-0.2, -0.15) is 0 Å². The van der Waals surface area contributed by atoms with Crippen molar-refractivity contribution in [2.75, 3.05) is 33.9 Å². The fourth-order valence-corrected chi connectivity index (χ4v) is 3.26. The van der Waals surface area contributed by atoms with E-state index in [-0.39, 0.29) is 5.41 Å². The molecular weight excluding hydrogens is 290 g/mol. The Bertz CT molecular complexity index is 549. The molecule has 0 radical (unpaired) electrons.